The summed E-state index contributed by atoms with van der Waals surface area (Å²) >= 11 is -1.94. The molecule has 0 saturated heterocycles. The van der Waals surface area contributed by atoms with Crippen molar-refractivity contribution in [1.82, 2.24) is 0 Å². The molecule has 1 N–H and O–H groups in total. The van der Waals surface area contributed by atoms with E-state index in [2.05, 4.69) is 0 Å². The SMILES string of the molecule is CCOC(=O)C(C(=O)c1ccc(CS(=O)O)cc1)c1ccc(C)cc1. The van der Waals surface area contributed by atoms with Gasteiger partial charge in [0.05, 0.1) is 12.4 Å². The zero-order chi connectivity index (χ0) is 18.4. The highest BCUT2D eigenvalue weighted by Crippen LogP contribution is 2.24. The Morgan fingerprint density at radius 2 is 1.68 bits per heavy atom. The van der Waals surface area contributed by atoms with Gasteiger partial charge in [0, 0.05) is 5.56 Å². The zero-order valence-electron chi connectivity index (χ0n) is 14.1. The van der Waals surface area contributed by atoms with E-state index in [1.165, 1.54) is 0 Å². The second-order valence-corrected chi connectivity index (χ2v) is 6.55. The maximum atomic E-state index is 12.9. The van der Waals surface area contributed by atoms with Crippen LogP contribution in [0.15, 0.2) is 48.5 Å². The van der Waals surface area contributed by atoms with Gasteiger partial charge in [-0.05, 0) is 25.0 Å². The first kappa shape index (κ1) is 19.0. The minimum Gasteiger partial charge on any atom is -0.465 e. The topological polar surface area (TPSA) is 80.7 Å². The van der Waals surface area contributed by atoms with E-state index in [-0.39, 0.29) is 18.1 Å². The van der Waals surface area contributed by atoms with Crippen molar-refractivity contribution in [3.05, 3.63) is 70.8 Å². The van der Waals surface area contributed by atoms with E-state index in [0.29, 0.717) is 16.7 Å². The number of aryl methyl sites for hydroxylation is 1. The molecule has 0 fully saturated rings. The molecule has 2 aromatic rings. The molecule has 25 heavy (non-hydrogen) atoms. The van der Waals surface area contributed by atoms with Gasteiger partial charge in [-0.1, -0.05) is 54.1 Å². The van der Waals surface area contributed by atoms with Gasteiger partial charge in [-0.15, -0.1) is 0 Å². The summed E-state index contributed by atoms with van der Waals surface area (Å²) in [6.07, 6.45) is 0. The minimum atomic E-state index is -1.94. The van der Waals surface area contributed by atoms with E-state index in [9.17, 15) is 13.8 Å². The number of rotatable bonds is 7. The van der Waals surface area contributed by atoms with Crippen LogP contribution >= 0.6 is 0 Å². The molecule has 0 radical (unpaired) electrons. The minimum absolute atomic E-state index is 0.00621. The summed E-state index contributed by atoms with van der Waals surface area (Å²) in [7, 11) is 0. The standard InChI is InChI=1S/C19H20O5S/c1-3-24-19(21)17(15-8-4-13(2)5-9-15)18(20)16-10-6-14(7-11-16)12-25(22)23/h4-11,17H,3,12H2,1-2H3,(H,22,23). The van der Waals surface area contributed by atoms with Crippen molar-refractivity contribution >= 4 is 22.8 Å². The molecule has 0 heterocycles. The van der Waals surface area contributed by atoms with Gasteiger partial charge >= 0.3 is 5.97 Å². The molecule has 2 unspecified atom stereocenters. The van der Waals surface area contributed by atoms with Crippen LogP contribution in [0.1, 0.15) is 39.9 Å². The Morgan fingerprint density at radius 1 is 1.08 bits per heavy atom. The van der Waals surface area contributed by atoms with Gasteiger partial charge < -0.3 is 9.29 Å². The van der Waals surface area contributed by atoms with Crippen molar-refractivity contribution in [2.75, 3.05) is 6.61 Å². The number of hydrogen-bond donors (Lipinski definition) is 1. The van der Waals surface area contributed by atoms with Crippen molar-refractivity contribution in [2.45, 2.75) is 25.5 Å². The molecule has 0 amide bonds. The molecular weight excluding hydrogens is 340 g/mol. The number of ether oxygens (including phenoxy) is 1. The predicted molar refractivity (Wildman–Crippen MR) is 95.8 cm³/mol. The van der Waals surface area contributed by atoms with Crippen LogP contribution in [-0.4, -0.2) is 27.1 Å². The largest absolute Gasteiger partial charge is 0.465 e. The number of Topliss-reactive ketones (excluding diaryl/α,β-unsaturated/α-hetero) is 1. The molecule has 2 rings (SSSR count). The molecule has 5 nitrogen and oxygen atoms in total. The maximum Gasteiger partial charge on any atom is 0.321 e. The lowest BCUT2D eigenvalue weighted by molar-refractivity contribution is -0.143. The fourth-order valence-electron chi connectivity index (χ4n) is 2.45. The molecular formula is C19H20O5S. The van der Waals surface area contributed by atoms with Crippen LogP contribution in [0, 0.1) is 6.92 Å². The highest BCUT2D eigenvalue weighted by molar-refractivity contribution is 7.78. The van der Waals surface area contributed by atoms with Crippen molar-refractivity contribution in [1.29, 1.82) is 0 Å². The Balaban J connectivity index is 2.32. The molecule has 0 aliphatic heterocycles. The van der Waals surface area contributed by atoms with E-state index in [1.54, 1.807) is 43.3 Å². The average Bonchev–Trinajstić information content (AvgIpc) is 2.57. The smallest absolute Gasteiger partial charge is 0.321 e. The van der Waals surface area contributed by atoms with Crippen LogP contribution in [0.3, 0.4) is 0 Å². The van der Waals surface area contributed by atoms with Crippen LogP contribution in [0.4, 0.5) is 0 Å². The van der Waals surface area contributed by atoms with Crippen LogP contribution in [0.5, 0.6) is 0 Å². The number of benzene rings is 2. The number of carbonyl (C=O) groups excluding carboxylic acids is 2. The van der Waals surface area contributed by atoms with Gasteiger partial charge in [-0.2, -0.15) is 0 Å². The summed E-state index contributed by atoms with van der Waals surface area (Å²) in [5, 5.41) is 0. The summed E-state index contributed by atoms with van der Waals surface area (Å²) in [6.45, 7) is 3.81. The molecule has 6 heteroatoms. The number of hydrogen-bond acceptors (Lipinski definition) is 4. The molecule has 2 atom stereocenters. The first-order chi connectivity index (χ1) is 11.9. The Morgan fingerprint density at radius 3 is 2.20 bits per heavy atom. The van der Waals surface area contributed by atoms with Crippen molar-refractivity contribution in [3.8, 4) is 0 Å². The van der Waals surface area contributed by atoms with E-state index >= 15 is 0 Å². The van der Waals surface area contributed by atoms with Crippen molar-refractivity contribution in [2.24, 2.45) is 0 Å². The third kappa shape index (κ3) is 5.08. The molecule has 132 valence electrons. The molecule has 0 bridgehead atoms. The second-order valence-electron chi connectivity index (χ2n) is 5.62. The molecule has 2 aromatic carbocycles. The number of carbonyl (C=O) groups is 2. The molecule has 0 aliphatic carbocycles. The molecule has 0 saturated carbocycles. The highest BCUT2D eigenvalue weighted by Gasteiger charge is 2.30. The fourth-order valence-corrected chi connectivity index (χ4v) is 2.93. The Bertz CT molecular complexity index is 765. The van der Waals surface area contributed by atoms with Crippen LogP contribution in [0.2, 0.25) is 0 Å². The fraction of sp³-hybridized carbons (Fsp3) is 0.263. The van der Waals surface area contributed by atoms with E-state index in [1.807, 2.05) is 19.1 Å². The first-order valence-corrected chi connectivity index (χ1v) is 9.13. The highest BCUT2D eigenvalue weighted by atomic mass is 32.2. The lowest BCUT2D eigenvalue weighted by Gasteiger charge is -2.15. The van der Waals surface area contributed by atoms with Crippen molar-refractivity contribution in [3.63, 3.8) is 0 Å². The van der Waals surface area contributed by atoms with E-state index in [4.69, 9.17) is 9.29 Å². The molecule has 0 aromatic heterocycles. The maximum absolute atomic E-state index is 12.9. The van der Waals surface area contributed by atoms with Crippen molar-refractivity contribution < 1.29 is 23.1 Å². The van der Waals surface area contributed by atoms with Crippen LogP contribution < -0.4 is 0 Å². The Hall–Kier alpha value is -2.31. The third-order valence-corrected chi connectivity index (χ3v) is 4.30. The zero-order valence-corrected chi connectivity index (χ0v) is 14.9. The van der Waals surface area contributed by atoms with Crippen LogP contribution in [0.25, 0.3) is 0 Å². The van der Waals surface area contributed by atoms with E-state index in [0.717, 1.165) is 5.56 Å². The Labute approximate surface area is 149 Å². The van der Waals surface area contributed by atoms with Gasteiger partial charge in [-0.3, -0.25) is 9.59 Å². The first-order valence-electron chi connectivity index (χ1n) is 7.86. The molecule has 0 aliphatic rings. The van der Waals surface area contributed by atoms with Gasteiger partial charge in [-0.25, -0.2) is 4.21 Å². The normalized spacial score (nSPS) is 13.1. The summed E-state index contributed by atoms with van der Waals surface area (Å²) in [5.74, 6) is -1.98. The predicted octanol–water partition coefficient (Wildman–Crippen LogP) is 3.25. The summed E-state index contributed by atoms with van der Waals surface area (Å²) in [6, 6.07) is 13.5. The lowest BCUT2D eigenvalue weighted by Crippen LogP contribution is -2.24. The summed E-state index contributed by atoms with van der Waals surface area (Å²) in [5.41, 5.74) is 2.60. The molecule has 0 spiro atoms. The van der Waals surface area contributed by atoms with E-state index < -0.39 is 23.0 Å². The van der Waals surface area contributed by atoms with Gasteiger partial charge in [0.25, 0.3) is 0 Å². The number of ketones is 1. The Kier molecular flexibility index (Phi) is 6.61. The second kappa shape index (κ2) is 8.69. The van der Waals surface area contributed by atoms with Gasteiger partial charge in [0.15, 0.2) is 16.9 Å². The monoisotopic (exact) mass is 360 g/mol. The van der Waals surface area contributed by atoms with Crippen LogP contribution in [-0.2, 0) is 26.4 Å². The third-order valence-electron chi connectivity index (χ3n) is 3.72. The lowest BCUT2D eigenvalue weighted by atomic mass is 9.90. The number of esters is 1. The quantitative estimate of drug-likeness (QED) is 0.355. The summed E-state index contributed by atoms with van der Waals surface area (Å²) < 4.78 is 24.8. The van der Waals surface area contributed by atoms with Gasteiger partial charge in [0.2, 0.25) is 0 Å². The van der Waals surface area contributed by atoms with Gasteiger partial charge in [0.1, 0.15) is 5.92 Å². The summed E-state index contributed by atoms with van der Waals surface area (Å²) in [4.78, 5) is 25.2. The average molecular weight is 360 g/mol.